The Morgan fingerprint density at radius 1 is 1.25 bits per heavy atom. The summed E-state index contributed by atoms with van der Waals surface area (Å²) < 4.78 is 5.80. The van der Waals surface area contributed by atoms with Crippen LogP contribution in [0.25, 0.3) is 0 Å². The number of carbonyl (C=O) groups excluding carboxylic acids is 2. The Morgan fingerprint density at radius 2 is 1.96 bits per heavy atom. The molecule has 1 heterocycles. The van der Waals surface area contributed by atoms with Gasteiger partial charge in [0.2, 0.25) is 5.91 Å². The number of benzene rings is 2. The standard InChI is InChI=1S/C22H25ClN2O3/c1-13(2)16-8-6-7-14(3)20(16)24-19(26)12-25-17-11-15(23)9-10-18(17)28-22(4,5)21(25)27/h6-11,13H,12H2,1-5H3,(H,24,26). The summed E-state index contributed by atoms with van der Waals surface area (Å²) in [6.45, 7) is 9.38. The molecule has 148 valence electrons. The van der Waals surface area contributed by atoms with Gasteiger partial charge in [0, 0.05) is 10.7 Å². The minimum atomic E-state index is -1.06. The summed E-state index contributed by atoms with van der Waals surface area (Å²) in [4.78, 5) is 27.2. The van der Waals surface area contributed by atoms with Gasteiger partial charge in [-0.25, -0.2) is 0 Å². The molecular formula is C22H25ClN2O3. The van der Waals surface area contributed by atoms with Crippen molar-refractivity contribution in [1.82, 2.24) is 0 Å². The summed E-state index contributed by atoms with van der Waals surface area (Å²) >= 11 is 6.11. The first kappa shape index (κ1) is 20.2. The zero-order valence-electron chi connectivity index (χ0n) is 16.8. The molecule has 0 aromatic heterocycles. The van der Waals surface area contributed by atoms with Crippen LogP contribution in [0.1, 0.15) is 44.7 Å². The van der Waals surface area contributed by atoms with Crippen molar-refractivity contribution in [1.29, 1.82) is 0 Å². The summed E-state index contributed by atoms with van der Waals surface area (Å²) in [6, 6.07) is 11.0. The van der Waals surface area contributed by atoms with Gasteiger partial charge in [-0.05, 0) is 56.0 Å². The van der Waals surface area contributed by atoms with Crippen molar-refractivity contribution in [3.63, 3.8) is 0 Å². The molecule has 0 saturated heterocycles. The average molecular weight is 401 g/mol. The second-order valence-corrected chi connectivity index (χ2v) is 8.29. The number of ether oxygens (including phenoxy) is 1. The predicted octanol–water partition coefficient (Wildman–Crippen LogP) is 4.91. The summed E-state index contributed by atoms with van der Waals surface area (Å²) in [6.07, 6.45) is 0. The van der Waals surface area contributed by atoms with Crippen molar-refractivity contribution >= 4 is 34.8 Å². The monoisotopic (exact) mass is 400 g/mol. The number of fused-ring (bicyclic) bond motifs is 1. The summed E-state index contributed by atoms with van der Waals surface area (Å²) in [5, 5.41) is 3.47. The molecule has 0 bridgehead atoms. The number of aryl methyl sites for hydroxylation is 1. The minimum Gasteiger partial charge on any atom is -0.476 e. The molecule has 1 N–H and O–H groups in total. The van der Waals surface area contributed by atoms with Gasteiger partial charge in [-0.1, -0.05) is 43.6 Å². The highest BCUT2D eigenvalue weighted by atomic mass is 35.5. The summed E-state index contributed by atoms with van der Waals surface area (Å²) in [5.41, 5.74) is 2.28. The first-order chi connectivity index (χ1) is 13.1. The molecule has 0 spiro atoms. The third-order valence-corrected chi connectivity index (χ3v) is 5.07. The van der Waals surface area contributed by atoms with Crippen LogP contribution in [0.3, 0.4) is 0 Å². The lowest BCUT2D eigenvalue weighted by atomic mass is 9.98. The van der Waals surface area contributed by atoms with Crippen LogP contribution < -0.4 is 15.0 Å². The van der Waals surface area contributed by atoms with E-state index >= 15 is 0 Å². The molecule has 0 unspecified atom stereocenters. The van der Waals surface area contributed by atoms with E-state index in [-0.39, 0.29) is 24.3 Å². The number of carbonyl (C=O) groups is 2. The van der Waals surface area contributed by atoms with Gasteiger partial charge in [-0.2, -0.15) is 0 Å². The van der Waals surface area contributed by atoms with Crippen LogP contribution in [-0.4, -0.2) is 24.0 Å². The van der Waals surface area contributed by atoms with E-state index in [9.17, 15) is 9.59 Å². The largest absolute Gasteiger partial charge is 0.476 e. The van der Waals surface area contributed by atoms with E-state index in [1.54, 1.807) is 32.0 Å². The number of hydrogen-bond acceptors (Lipinski definition) is 3. The number of halogens is 1. The average Bonchev–Trinajstić information content (AvgIpc) is 2.61. The van der Waals surface area contributed by atoms with Crippen molar-refractivity contribution in [3.05, 3.63) is 52.5 Å². The van der Waals surface area contributed by atoms with Crippen molar-refractivity contribution in [3.8, 4) is 5.75 Å². The second kappa shape index (κ2) is 7.47. The van der Waals surface area contributed by atoms with Crippen LogP contribution in [0.2, 0.25) is 5.02 Å². The maximum Gasteiger partial charge on any atom is 0.271 e. The zero-order valence-corrected chi connectivity index (χ0v) is 17.6. The first-order valence-corrected chi connectivity index (χ1v) is 9.68. The number of para-hydroxylation sites is 1. The Kier molecular flexibility index (Phi) is 5.39. The number of nitrogens with one attached hydrogen (secondary N) is 1. The fourth-order valence-electron chi connectivity index (χ4n) is 3.36. The smallest absolute Gasteiger partial charge is 0.271 e. The molecule has 0 atom stereocenters. The van der Waals surface area contributed by atoms with Crippen molar-refractivity contribution in [2.75, 3.05) is 16.8 Å². The lowest BCUT2D eigenvalue weighted by molar-refractivity contribution is -0.133. The molecule has 3 rings (SSSR count). The summed E-state index contributed by atoms with van der Waals surface area (Å²) in [5.74, 6) is 0.235. The molecule has 5 nitrogen and oxygen atoms in total. The molecule has 0 fully saturated rings. The van der Waals surface area contributed by atoms with Gasteiger partial charge >= 0.3 is 0 Å². The van der Waals surface area contributed by atoms with E-state index in [4.69, 9.17) is 16.3 Å². The molecule has 1 aliphatic rings. The first-order valence-electron chi connectivity index (χ1n) is 9.30. The molecule has 6 heteroatoms. The number of amides is 2. The fourth-order valence-corrected chi connectivity index (χ4v) is 3.53. The molecule has 1 aliphatic heterocycles. The second-order valence-electron chi connectivity index (χ2n) is 7.86. The molecule has 2 aromatic carbocycles. The van der Waals surface area contributed by atoms with E-state index in [0.29, 0.717) is 16.5 Å². The molecular weight excluding hydrogens is 376 g/mol. The highest BCUT2D eigenvalue weighted by Gasteiger charge is 2.41. The van der Waals surface area contributed by atoms with E-state index in [0.717, 1.165) is 16.8 Å². The van der Waals surface area contributed by atoms with Crippen LogP contribution in [0.5, 0.6) is 5.75 Å². The highest BCUT2D eigenvalue weighted by Crippen LogP contribution is 2.39. The fraction of sp³-hybridized carbons (Fsp3) is 0.364. The third kappa shape index (κ3) is 3.85. The van der Waals surface area contributed by atoms with Gasteiger partial charge in [0.25, 0.3) is 5.91 Å². The quantitative estimate of drug-likeness (QED) is 0.792. The van der Waals surface area contributed by atoms with E-state index in [1.165, 1.54) is 4.90 Å². The Bertz CT molecular complexity index is 937. The Labute approximate surface area is 170 Å². The Balaban J connectivity index is 1.90. The topological polar surface area (TPSA) is 58.6 Å². The number of rotatable bonds is 4. The van der Waals surface area contributed by atoms with Crippen molar-refractivity contribution in [2.24, 2.45) is 0 Å². The van der Waals surface area contributed by atoms with Gasteiger partial charge in [0.05, 0.1) is 5.69 Å². The maximum absolute atomic E-state index is 12.9. The normalized spacial score (nSPS) is 15.2. The van der Waals surface area contributed by atoms with Crippen LogP contribution in [0, 0.1) is 6.92 Å². The lowest BCUT2D eigenvalue weighted by Gasteiger charge is -2.38. The van der Waals surface area contributed by atoms with Gasteiger partial charge in [-0.3, -0.25) is 14.5 Å². The zero-order chi connectivity index (χ0) is 20.6. The van der Waals surface area contributed by atoms with Gasteiger partial charge in [0.15, 0.2) is 5.60 Å². The van der Waals surface area contributed by atoms with Crippen LogP contribution in [0.4, 0.5) is 11.4 Å². The maximum atomic E-state index is 12.9. The minimum absolute atomic E-state index is 0.120. The van der Waals surface area contributed by atoms with E-state index in [2.05, 4.69) is 19.2 Å². The number of nitrogens with zero attached hydrogens (tertiary/aromatic N) is 1. The molecule has 0 saturated carbocycles. The Hall–Kier alpha value is -2.53. The highest BCUT2D eigenvalue weighted by molar-refractivity contribution is 6.31. The molecule has 2 amide bonds. The van der Waals surface area contributed by atoms with Crippen LogP contribution >= 0.6 is 11.6 Å². The summed E-state index contributed by atoms with van der Waals surface area (Å²) in [7, 11) is 0. The molecule has 28 heavy (non-hydrogen) atoms. The van der Waals surface area contributed by atoms with E-state index in [1.807, 2.05) is 25.1 Å². The van der Waals surface area contributed by atoms with Crippen LogP contribution in [0.15, 0.2) is 36.4 Å². The SMILES string of the molecule is Cc1cccc(C(C)C)c1NC(=O)CN1C(=O)C(C)(C)Oc2ccc(Cl)cc21. The lowest BCUT2D eigenvalue weighted by Crippen LogP contribution is -2.54. The predicted molar refractivity (Wildman–Crippen MR) is 112 cm³/mol. The number of hydrogen-bond donors (Lipinski definition) is 1. The van der Waals surface area contributed by atoms with Crippen LogP contribution in [-0.2, 0) is 9.59 Å². The Morgan fingerprint density at radius 3 is 2.64 bits per heavy atom. The van der Waals surface area contributed by atoms with Crippen molar-refractivity contribution in [2.45, 2.75) is 46.1 Å². The van der Waals surface area contributed by atoms with E-state index < -0.39 is 5.60 Å². The number of anilines is 2. The molecule has 2 aromatic rings. The molecule has 0 radical (unpaired) electrons. The molecule has 0 aliphatic carbocycles. The van der Waals surface area contributed by atoms with Gasteiger partial charge < -0.3 is 10.1 Å². The van der Waals surface area contributed by atoms with Gasteiger partial charge in [-0.15, -0.1) is 0 Å². The van der Waals surface area contributed by atoms with Crippen molar-refractivity contribution < 1.29 is 14.3 Å². The third-order valence-electron chi connectivity index (χ3n) is 4.83. The van der Waals surface area contributed by atoms with Gasteiger partial charge in [0.1, 0.15) is 12.3 Å².